The van der Waals surface area contributed by atoms with E-state index in [9.17, 15) is 24.3 Å². The van der Waals surface area contributed by atoms with Crippen LogP contribution in [0.5, 0.6) is 5.75 Å². The number of esters is 1. The molecule has 0 aromatic heterocycles. The molecule has 2 aromatic rings. The molecule has 0 fully saturated rings. The summed E-state index contributed by atoms with van der Waals surface area (Å²) in [5, 5.41) is 16.1. The summed E-state index contributed by atoms with van der Waals surface area (Å²) in [6.07, 6.45) is -0.169. The molecule has 2 rings (SSSR count). The molecule has 0 aliphatic carbocycles. The Morgan fingerprint density at radius 2 is 1.69 bits per heavy atom. The van der Waals surface area contributed by atoms with Gasteiger partial charge in [-0.1, -0.05) is 55.5 Å². The number of para-hydroxylation sites is 1. The molecule has 0 heterocycles. The van der Waals surface area contributed by atoms with Crippen LogP contribution in [0.2, 0.25) is 0 Å². The maximum atomic E-state index is 14.2. The number of hydrogen-bond donors (Lipinski definition) is 3. The third-order valence-electron chi connectivity index (χ3n) is 5.78. The summed E-state index contributed by atoms with van der Waals surface area (Å²) in [7, 11) is 1.20. The first-order chi connectivity index (χ1) is 18.4. The van der Waals surface area contributed by atoms with E-state index in [1.807, 2.05) is 37.3 Å². The van der Waals surface area contributed by atoms with Gasteiger partial charge in [0, 0.05) is 18.5 Å². The molecule has 39 heavy (non-hydrogen) atoms. The van der Waals surface area contributed by atoms with Gasteiger partial charge in [-0.15, -0.1) is 0 Å². The van der Waals surface area contributed by atoms with Gasteiger partial charge in [-0.2, -0.15) is 0 Å². The summed E-state index contributed by atoms with van der Waals surface area (Å²) in [5.41, 5.74) is 0.690. The summed E-state index contributed by atoms with van der Waals surface area (Å²) in [6, 6.07) is 11.7. The summed E-state index contributed by atoms with van der Waals surface area (Å²) in [5.74, 6) is -2.05. The van der Waals surface area contributed by atoms with Gasteiger partial charge in [0.25, 0.3) is 0 Å². The van der Waals surface area contributed by atoms with Crippen LogP contribution >= 0.6 is 0 Å². The smallest absolute Gasteiger partial charge is 0.408 e. The minimum Gasteiger partial charge on any atom is -0.507 e. The van der Waals surface area contributed by atoms with E-state index in [0.717, 1.165) is 5.56 Å². The molecule has 3 amide bonds. The number of nitrogens with one attached hydrogen (secondary N) is 2. The number of alkyl carbamates (subject to hydrolysis) is 1. The van der Waals surface area contributed by atoms with Gasteiger partial charge in [0.15, 0.2) is 0 Å². The first-order valence-electron chi connectivity index (χ1n) is 12.8. The van der Waals surface area contributed by atoms with Gasteiger partial charge in [0.1, 0.15) is 30.0 Å². The third-order valence-corrected chi connectivity index (χ3v) is 5.78. The van der Waals surface area contributed by atoms with Crippen molar-refractivity contribution in [1.29, 1.82) is 0 Å². The van der Waals surface area contributed by atoms with Crippen molar-refractivity contribution < 1.29 is 33.8 Å². The van der Waals surface area contributed by atoms with E-state index in [-0.39, 0.29) is 24.3 Å². The van der Waals surface area contributed by atoms with Gasteiger partial charge in [0.2, 0.25) is 11.8 Å². The highest BCUT2D eigenvalue weighted by atomic mass is 16.6. The molecule has 2 atom stereocenters. The minimum atomic E-state index is -1.29. The van der Waals surface area contributed by atoms with Gasteiger partial charge in [-0.3, -0.25) is 14.4 Å². The van der Waals surface area contributed by atoms with Crippen molar-refractivity contribution in [1.82, 2.24) is 15.5 Å². The lowest BCUT2D eigenvalue weighted by molar-refractivity contribution is -0.144. The van der Waals surface area contributed by atoms with Crippen molar-refractivity contribution in [3.63, 3.8) is 0 Å². The lowest BCUT2D eigenvalue weighted by Gasteiger charge is -2.34. The number of aromatic hydroxyl groups is 1. The Labute approximate surface area is 229 Å². The summed E-state index contributed by atoms with van der Waals surface area (Å²) in [4.78, 5) is 53.5. The fourth-order valence-corrected chi connectivity index (χ4v) is 3.99. The zero-order valence-electron chi connectivity index (χ0n) is 23.4. The fourth-order valence-electron chi connectivity index (χ4n) is 3.99. The van der Waals surface area contributed by atoms with Crippen LogP contribution in [-0.4, -0.2) is 65.7 Å². The number of rotatable bonds is 11. The minimum absolute atomic E-state index is 0.129. The number of benzene rings is 2. The molecule has 0 saturated carbocycles. The second kappa shape index (κ2) is 14.2. The van der Waals surface area contributed by atoms with E-state index in [1.54, 1.807) is 45.9 Å². The number of carbonyl (C=O) groups excluding carboxylic acids is 4. The molecule has 0 spiro atoms. The molecular formula is C29H39N3O7. The molecule has 2 unspecified atom stereocenters. The molecule has 2 aromatic carbocycles. The van der Waals surface area contributed by atoms with Crippen LogP contribution < -0.4 is 10.6 Å². The molecule has 3 N–H and O–H groups in total. The number of carbonyl (C=O) groups is 4. The van der Waals surface area contributed by atoms with Crippen LogP contribution in [-0.2, 0) is 30.3 Å². The van der Waals surface area contributed by atoms with Crippen molar-refractivity contribution in [2.75, 3.05) is 20.2 Å². The van der Waals surface area contributed by atoms with Gasteiger partial charge in [-0.05, 0) is 45.2 Å². The van der Waals surface area contributed by atoms with E-state index < -0.39 is 48.1 Å². The number of ether oxygens (including phenoxy) is 2. The third kappa shape index (κ3) is 9.31. The highest BCUT2D eigenvalue weighted by Gasteiger charge is 2.37. The van der Waals surface area contributed by atoms with E-state index in [2.05, 4.69) is 15.4 Å². The average Bonchev–Trinajstić information content (AvgIpc) is 2.88. The fraction of sp³-hybridized carbons (Fsp3) is 0.448. The van der Waals surface area contributed by atoms with Crippen LogP contribution in [0.4, 0.5) is 4.79 Å². The number of phenolic OH excluding ortho intramolecular Hbond substituents is 1. The molecular weight excluding hydrogens is 502 g/mol. The largest absolute Gasteiger partial charge is 0.507 e. The van der Waals surface area contributed by atoms with Crippen LogP contribution in [0.1, 0.15) is 56.8 Å². The van der Waals surface area contributed by atoms with Crippen molar-refractivity contribution in [3.05, 3.63) is 65.2 Å². The van der Waals surface area contributed by atoms with E-state index in [1.165, 1.54) is 12.0 Å². The maximum Gasteiger partial charge on any atom is 0.408 e. The zero-order chi connectivity index (χ0) is 29.2. The SMILES string of the molecule is CCCN(C(=O)C(Cc1ccccc1)NC(=O)OC(C)(C)C)C(C(=O)NCC(=O)OC)c1cccc(C)c1O. The predicted octanol–water partition coefficient (Wildman–Crippen LogP) is 3.41. The Balaban J connectivity index is 2.55. The highest BCUT2D eigenvalue weighted by Crippen LogP contribution is 2.32. The average molecular weight is 542 g/mol. The first-order valence-corrected chi connectivity index (χ1v) is 12.8. The zero-order valence-corrected chi connectivity index (χ0v) is 23.4. The van der Waals surface area contributed by atoms with Gasteiger partial charge >= 0.3 is 12.1 Å². The normalized spacial score (nSPS) is 12.6. The Hall–Kier alpha value is -4.08. The summed E-state index contributed by atoms with van der Waals surface area (Å²) in [6.45, 7) is 8.37. The quantitative estimate of drug-likeness (QED) is 0.371. The van der Waals surface area contributed by atoms with Crippen LogP contribution in [0.15, 0.2) is 48.5 Å². The monoisotopic (exact) mass is 541 g/mol. The van der Waals surface area contributed by atoms with Crippen molar-refractivity contribution in [2.45, 2.75) is 65.1 Å². The van der Waals surface area contributed by atoms with Crippen LogP contribution in [0.25, 0.3) is 0 Å². The topological polar surface area (TPSA) is 134 Å². The molecule has 0 radical (unpaired) electrons. The molecule has 212 valence electrons. The lowest BCUT2D eigenvalue weighted by atomic mass is 9.98. The van der Waals surface area contributed by atoms with E-state index in [0.29, 0.717) is 12.0 Å². The van der Waals surface area contributed by atoms with Crippen molar-refractivity contribution in [2.24, 2.45) is 0 Å². The molecule has 0 aliphatic rings. The molecule has 10 nitrogen and oxygen atoms in total. The molecule has 0 bridgehead atoms. The Kier molecular flexibility index (Phi) is 11.3. The Morgan fingerprint density at radius 3 is 2.28 bits per heavy atom. The van der Waals surface area contributed by atoms with E-state index in [4.69, 9.17) is 4.74 Å². The second-order valence-electron chi connectivity index (χ2n) is 10.1. The predicted molar refractivity (Wildman–Crippen MR) is 146 cm³/mol. The number of amides is 3. The van der Waals surface area contributed by atoms with Crippen LogP contribution in [0.3, 0.4) is 0 Å². The second-order valence-corrected chi connectivity index (χ2v) is 10.1. The first kappa shape index (κ1) is 31.1. The summed E-state index contributed by atoms with van der Waals surface area (Å²) >= 11 is 0. The Bertz CT molecular complexity index is 1150. The van der Waals surface area contributed by atoms with Gasteiger partial charge < -0.3 is 30.1 Å². The molecule has 10 heteroatoms. The number of methoxy groups -OCH3 is 1. The highest BCUT2D eigenvalue weighted by molar-refractivity contribution is 5.93. The molecule has 0 aliphatic heterocycles. The van der Waals surface area contributed by atoms with Gasteiger partial charge in [-0.25, -0.2) is 4.79 Å². The number of nitrogens with zero attached hydrogens (tertiary/aromatic N) is 1. The van der Waals surface area contributed by atoms with Crippen molar-refractivity contribution >= 4 is 23.9 Å². The number of phenols is 1. The molecule has 0 saturated heterocycles. The van der Waals surface area contributed by atoms with Crippen LogP contribution in [0, 0.1) is 6.92 Å². The number of hydrogen-bond acceptors (Lipinski definition) is 7. The Morgan fingerprint density at radius 1 is 1.03 bits per heavy atom. The summed E-state index contributed by atoms with van der Waals surface area (Å²) < 4.78 is 10.0. The standard InChI is InChI=1S/C29H39N3O7/c1-7-16-32(24(26(35)30-18-23(33)38-6)21-15-11-12-19(2)25(21)34)27(36)22(17-20-13-9-8-10-14-20)31-28(37)39-29(3,4)5/h8-15,22,24,34H,7,16-18H2,1-6H3,(H,30,35)(H,31,37). The van der Waals surface area contributed by atoms with E-state index >= 15 is 0 Å². The van der Waals surface area contributed by atoms with Crippen molar-refractivity contribution in [3.8, 4) is 5.75 Å². The number of aryl methyl sites for hydroxylation is 1. The maximum absolute atomic E-state index is 14.2. The van der Waals surface area contributed by atoms with Gasteiger partial charge in [0.05, 0.1) is 7.11 Å². The lowest BCUT2D eigenvalue weighted by Crippen LogP contribution is -2.54.